The van der Waals surface area contributed by atoms with E-state index in [-0.39, 0.29) is 30.8 Å². The van der Waals surface area contributed by atoms with Crippen molar-refractivity contribution in [3.05, 3.63) is 118 Å². The minimum Gasteiger partial charge on any atom is -0.467 e. The first-order valence-corrected chi connectivity index (χ1v) is 24.5. The molecule has 0 unspecified atom stereocenters. The molecule has 0 N–H and O–H groups in total. The van der Waals surface area contributed by atoms with E-state index < -0.39 is 93.3 Å². The zero-order valence-electron chi connectivity index (χ0n) is 38.0. The highest BCUT2D eigenvalue weighted by atomic mass is 28.4. The molecule has 63 heavy (non-hydrogen) atoms. The van der Waals surface area contributed by atoms with E-state index in [0.717, 1.165) is 16.7 Å². The van der Waals surface area contributed by atoms with Crippen molar-refractivity contribution in [1.82, 2.24) is 0 Å². The van der Waals surface area contributed by atoms with Crippen molar-refractivity contribution in [2.45, 2.75) is 147 Å². The van der Waals surface area contributed by atoms with E-state index >= 15 is 0 Å². The van der Waals surface area contributed by atoms with Crippen LogP contribution in [0, 0.1) is 11.3 Å². The van der Waals surface area contributed by atoms with Gasteiger partial charge in [0.15, 0.2) is 39.4 Å². The first kappa shape index (κ1) is 48.3. The van der Waals surface area contributed by atoms with Crippen molar-refractivity contribution >= 4 is 20.3 Å². The van der Waals surface area contributed by atoms with E-state index in [1.165, 1.54) is 7.11 Å². The molecule has 0 radical (unpaired) electrons. The Balaban J connectivity index is 1.43. The lowest BCUT2D eigenvalue weighted by atomic mass is 9.94. The number of esters is 2. The second kappa shape index (κ2) is 20.8. The lowest BCUT2D eigenvalue weighted by Crippen LogP contribution is -2.68. The lowest BCUT2D eigenvalue weighted by Gasteiger charge is -2.52. The highest BCUT2D eigenvalue weighted by Gasteiger charge is 2.59. The van der Waals surface area contributed by atoms with Gasteiger partial charge in [-0.15, -0.1) is 0 Å². The van der Waals surface area contributed by atoms with Gasteiger partial charge in [0.25, 0.3) is 0 Å². The van der Waals surface area contributed by atoms with Gasteiger partial charge >= 0.3 is 11.9 Å². The normalized spacial score (nSPS) is 29.0. The molecule has 15 nitrogen and oxygen atoms in total. The van der Waals surface area contributed by atoms with Crippen molar-refractivity contribution in [2.24, 2.45) is 16.4 Å². The quantitative estimate of drug-likeness (QED) is 0.0441. The van der Waals surface area contributed by atoms with Crippen LogP contribution in [-0.2, 0) is 69.9 Å². The van der Waals surface area contributed by atoms with Crippen molar-refractivity contribution in [3.8, 4) is 0 Å². The average molecular weight is 890 g/mol. The molecule has 0 aromatic heterocycles. The van der Waals surface area contributed by atoms with E-state index in [0.29, 0.717) is 0 Å². The van der Waals surface area contributed by atoms with E-state index in [1.807, 2.05) is 91.0 Å². The maximum absolute atomic E-state index is 14.1. The van der Waals surface area contributed by atoms with Crippen LogP contribution in [0.5, 0.6) is 0 Å². The average Bonchev–Trinajstić information content (AvgIpc) is 3.26. The summed E-state index contributed by atoms with van der Waals surface area (Å²) < 4.78 is 65.0. The molecule has 0 spiro atoms. The Kier molecular flexibility index (Phi) is 15.9. The molecule has 3 fully saturated rings. The highest BCUT2D eigenvalue weighted by Crippen LogP contribution is 2.47. The molecule has 11 atom stereocenters. The smallest absolute Gasteiger partial charge is 0.337 e. The van der Waals surface area contributed by atoms with Crippen molar-refractivity contribution in [3.63, 3.8) is 0 Å². The van der Waals surface area contributed by atoms with Gasteiger partial charge in [-0.1, -0.05) is 124 Å². The zero-order valence-corrected chi connectivity index (χ0v) is 39.0. The van der Waals surface area contributed by atoms with Crippen LogP contribution < -0.4 is 0 Å². The van der Waals surface area contributed by atoms with Gasteiger partial charge in [-0.25, -0.2) is 4.79 Å². The lowest BCUT2D eigenvalue weighted by molar-refractivity contribution is -0.370. The molecule has 342 valence electrons. The van der Waals surface area contributed by atoms with Gasteiger partial charge in [0.1, 0.15) is 36.6 Å². The van der Waals surface area contributed by atoms with Gasteiger partial charge in [0.05, 0.1) is 32.3 Å². The van der Waals surface area contributed by atoms with Gasteiger partial charge in [-0.3, -0.25) is 4.79 Å². The standard InChI is InChI=1S/C47H63N3O12Si/c1-29(2)47(6,7)63(9,10)62-44-40(61-45(52)46(3,4)5)37(55-27-31-22-16-12-17-23-31)38(39(60-44)41(51)53-8)59-43-34(49-50-48)36(54-26-30-20-14-11-15-21-30)35-33(57-43)28-56-42(58-35)32-24-18-13-19-25-32/h11-25,29,33-40,42-44H,26-28H2,1-10H3/t33-,34-,35-,36-,37+,38+,39-,40-,42-,43-,44-/m1/s1. The SMILES string of the molecule is COC(=O)[C@@H]1O[C@H](O[Si](C)(C)C(C)(C)C(C)C)[C@H](OC(=O)C(C)(C)C)[C@@H](OCc2ccccc2)[C@@H]1O[C@H]1O[C@@H]2CO[C@@H](c3ccccc3)O[C@H]2[C@H](OCc2ccccc2)[C@H]1N=[N+]=[N-]. The van der Waals surface area contributed by atoms with Crippen LogP contribution in [0.15, 0.2) is 96.1 Å². The fourth-order valence-electron chi connectivity index (χ4n) is 7.63. The molecule has 0 saturated carbocycles. The number of methoxy groups -OCH3 is 1. The van der Waals surface area contributed by atoms with Crippen LogP contribution >= 0.6 is 0 Å². The van der Waals surface area contributed by atoms with Crippen LogP contribution in [0.25, 0.3) is 10.4 Å². The summed E-state index contributed by atoms with van der Waals surface area (Å²) >= 11 is 0. The summed E-state index contributed by atoms with van der Waals surface area (Å²) in [4.78, 5) is 31.2. The Morgan fingerprint density at radius 1 is 0.794 bits per heavy atom. The molecule has 0 aliphatic carbocycles. The molecular formula is C47H63N3O12Si. The predicted octanol–water partition coefficient (Wildman–Crippen LogP) is 8.57. The molecule has 3 aromatic carbocycles. The molecule has 0 amide bonds. The Morgan fingerprint density at radius 3 is 1.90 bits per heavy atom. The Bertz CT molecular complexity index is 2000. The number of ether oxygens (including phenoxy) is 9. The van der Waals surface area contributed by atoms with Gasteiger partial charge in [-0.2, -0.15) is 0 Å². The molecule has 3 saturated heterocycles. The molecule has 16 heteroatoms. The number of fused-ring (bicyclic) bond motifs is 1. The monoisotopic (exact) mass is 889 g/mol. The fourth-order valence-corrected chi connectivity index (χ4v) is 10.1. The van der Waals surface area contributed by atoms with Crippen molar-refractivity contribution in [1.29, 1.82) is 0 Å². The zero-order chi connectivity index (χ0) is 45.5. The van der Waals surface area contributed by atoms with Crippen LogP contribution in [0.2, 0.25) is 18.1 Å². The van der Waals surface area contributed by atoms with Crippen molar-refractivity contribution < 1.29 is 56.6 Å². The molecule has 3 aromatic rings. The molecule has 3 aliphatic heterocycles. The highest BCUT2D eigenvalue weighted by molar-refractivity contribution is 6.74. The van der Waals surface area contributed by atoms with E-state index in [1.54, 1.807) is 20.8 Å². The summed E-state index contributed by atoms with van der Waals surface area (Å²) in [6, 6.07) is 27.2. The largest absolute Gasteiger partial charge is 0.467 e. The van der Waals surface area contributed by atoms with Crippen LogP contribution in [0.1, 0.15) is 71.4 Å². The second-order valence-electron chi connectivity index (χ2n) is 18.6. The Hall–Kier alpha value is -4.19. The number of rotatable bonds is 16. The summed E-state index contributed by atoms with van der Waals surface area (Å²) in [6.07, 6.45) is -11.4. The number of azide groups is 1. The third kappa shape index (κ3) is 11.4. The summed E-state index contributed by atoms with van der Waals surface area (Å²) in [5.41, 5.74) is 11.6. The van der Waals surface area contributed by atoms with E-state index in [2.05, 4.69) is 50.8 Å². The molecule has 3 aliphatic rings. The van der Waals surface area contributed by atoms with Gasteiger partial charge in [0, 0.05) is 10.5 Å². The third-order valence-corrected chi connectivity index (χ3v) is 17.1. The molecule has 3 heterocycles. The van der Waals surface area contributed by atoms with Gasteiger partial charge < -0.3 is 47.1 Å². The number of hydrogen-bond donors (Lipinski definition) is 0. The number of carbonyl (C=O) groups is 2. The van der Waals surface area contributed by atoms with Crippen LogP contribution in [0.3, 0.4) is 0 Å². The predicted molar refractivity (Wildman–Crippen MR) is 234 cm³/mol. The van der Waals surface area contributed by atoms with Crippen LogP contribution in [-0.4, -0.2) is 95.3 Å². The number of benzene rings is 3. The maximum atomic E-state index is 14.1. The van der Waals surface area contributed by atoms with Crippen LogP contribution in [0.4, 0.5) is 0 Å². The second-order valence-corrected chi connectivity index (χ2v) is 23.2. The van der Waals surface area contributed by atoms with E-state index in [4.69, 9.17) is 47.1 Å². The minimum absolute atomic E-state index is 0.0230. The van der Waals surface area contributed by atoms with Gasteiger partial charge in [-0.05, 0) is 61.5 Å². The summed E-state index contributed by atoms with van der Waals surface area (Å²) in [7, 11) is -1.54. The summed E-state index contributed by atoms with van der Waals surface area (Å²) in [5.74, 6) is -1.15. The minimum atomic E-state index is -2.78. The molecule has 0 bridgehead atoms. The third-order valence-electron chi connectivity index (χ3n) is 12.6. The van der Waals surface area contributed by atoms with Gasteiger partial charge in [0.2, 0.25) is 0 Å². The number of nitrogens with zero attached hydrogens (tertiary/aromatic N) is 3. The number of hydrogen-bond acceptors (Lipinski definition) is 13. The first-order chi connectivity index (χ1) is 29.9. The molecule has 6 rings (SSSR count). The summed E-state index contributed by atoms with van der Waals surface area (Å²) in [5, 5.41) is 3.90. The molecular weight excluding hydrogens is 827 g/mol. The first-order valence-electron chi connectivity index (χ1n) is 21.6. The Labute approximate surface area is 371 Å². The number of carbonyl (C=O) groups excluding carboxylic acids is 2. The Morgan fingerprint density at radius 2 is 1.37 bits per heavy atom. The fraction of sp³-hybridized carbons (Fsp3) is 0.574. The van der Waals surface area contributed by atoms with E-state index in [9.17, 15) is 15.1 Å². The topological polar surface area (TPSA) is 175 Å². The summed E-state index contributed by atoms with van der Waals surface area (Å²) in [6.45, 7) is 18.1. The van der Waals surface area contributed by atoms with Crippen molar-refractivity contribution in [2.75, 3.05) is 13.7 Å². The maximum Gasteiger partial charge on any atom is 0.337 e.